The summed E-state index contributed by atoms with van der Waals surface area (Å²) in [7, 11) is 0. The highest BCUT2D eigenvalue weighted by atomic mass is 32.2. The second-order valence-electron chi connectivity index (χ2n) is 8.07. The van der Waals surface area contributed by atoms with Crippen LogP contribution in [0.4, 0.5) is 5.00 Å². The zero-order valence-electron chi connectivity index (χ0n) is 16.8. The number of aromatic nitrogens is 2. The Labute approximate surface area is 187 Å². The lowest BCUT2D eigenvalue weighted by Crippen LogP contribution is -2.14. The smallest absolute Gasteiger partial charge is 0.235 e. The molecule has 0 fully saturated rings. The molecule has 0 saturated heterocycles. The summed E-state index contributed by atoms with van der Waals surface area (Å²) < 4.78 is 0. The van der Waals surface area contributed by atoms with E-state index in [1.807, 2.05) is 0 Å². The monoisotopic (exact) mass is 454 g/mol. The molecular formula is C22H22N4OS3. The quantitative estimate of drug-likeness (QED) is 0.424. The van der Waals surface area contributed by atoms with E-state index < -0.39 is 0 Å². The summed E-state index contributed by atoms with van der Waals surface area (Å²) >= 11 is 4.82. The van der Waals surface area contributed by atoms with Crippen LogP contribution in [-0.2, 0) is 30.5 Å². The molecule has 5 rings (SSSR count). The van der Waals surface area contributed by atoms with E-state index in [2.05, 4.69) is 28.3 Å². The summed E-state index contributed by atoms with van der Waals surface area (Å²) in [5.41, 5.74) is 3.20. The van der Waals surface area contributed by atoms with Crippen molar-refractivity contribution in [3.8, 4) is 6.07 Å². The van der Waals surface area contributed by atoms with Crippen molar-refractivity contribution in [2.24, 2.45) is 5.92 Å². The van der Waals surface area contributed by atoms with Crippen LogP contribution in [0, 0.1) is 17.2 Å². The van der Waals surface area contributed by atoms with E-state index in [1.165, 1.54) is 33.5 Å². The van der Waals surface area contributed by atoms with Crippen LogP contribution in [0.15, 0.2) is 11.4 Å². The predicted molar refractivity (Wildman–Crippen MR) is 124 cm³/mol. The standard InChI is InChI=1S/C22H22N4OS3/c1-12-6-7-14-17(8-12)30-22-19(14)21(24-11-25-22)28-10-18(27)26-20-15(9-23)13-4-2-3-5-16(13)29-20/h11-12H,2-8,10H2,1H3,(H,26,27). The maximum Gasteiger partial charge on any atom is 0.235 e. The molecule has 0 aliphatic heterocycles. The normalized spacial score (nSPS) is 17.9. The van der Waals surface area contributed by atoms with E-state index in [0.717, 1.165) is 59.3 Å². The topological polar surface area (TPSA) is 78.7 Å². The number of aryl methyl sites for hydroxylation is 2. The van der Waals surface area contributed by atoms with E-state index in [9.17, 15) is 10.1 Å². The number of nitrogens with zero attached hydrogens (tertiary/aromatic N) is 3. The summed E-state index contributed by atoms with van der Waals surface area (Å²) in [4.78, 5) is 25.4. The number of hydrogen-bond donors (Lipinski definition) is 1. The highest BCUT2D eigenvalue weighted by Gasteiger charge is 2.24. The van der Waals surface area contributed by atoms with Gasteiger partial charge in [0, 0.05) is 15.1 Å². The SMILES string of the molecule is CC1CCc2c(sc3ncnc(SCC(=O)Nc4sc5c(c4C#N)CCCC5)c23)C1. The number of hydrogen-bond acceptors (Lipinski definition) is 7. The van der Waals surface area contributed by atoms with Gasteiger partial charge in [0.25, 0.3) is 0 Å². The summed E-state index contributed by atoms with van der Waals surface area (Å²) in [6.07, 6.45) is 9.22. The highest BCUT2D eigenvalue weighted by Crippen LogP contribution is 2.41. The molecule has 0 saturated carbocycles. The van der Waals surface area contributed by atoms with Crippen LogP contribution in [0.25, 0.3) is 10.2 Å². The van der Waals surface area contributed by atoms with Crippen LogP contribution in [0.5, 0.6) is 0 Å². The van der Waals surface area contributed by atoms with Gasteiger partial charge in [0.15, 0.2) is 0 Å². The van der Waals surface area contributed by atoms with Gasteiger partial charge in [0.1, 0.15) is 27.3 Å². The molecule has 0 aromatic carbocycles. The highest BCUT2D eigenvalue weighted by molar-refractivity contribution is 8.00. The first-order chi connectivity index (χ1) is 14.6. The summed E-state index contributed by atoms with van der Waals surface area (Å²) in [6, 6.07) is 2.31. The number of thiophene rings is 2. The Balaban J connectivity index is 1.34. The molecule has 8 heteroatoms. The van der Waals surface area contributed by atoms with Crippen molar-refractivity contribution in [2.75, 3.05) is 11.1 Å². The molecular weight excluding hydrogens is 432 g/mol. The minimum absolute atomic E-state index is 0.0837. The third kappa shape index (κ3) is 3.64. The van der Waals surface area contributed by atoms with Gasteiger partial charge < -0.3 is 5.32 Å². The first-order valence-electron chi connectivity index (χ1n) is 10.4. The molecule has 3 aromatic heterocycles. The molecule has 30 heavy (non-hydrogen) atoms. The van der Waals surface area contributed by atoms with Gasteiger partial charge in [-0.05, 0) is 62.0 Å². The number of amides is 1. The molecule has 0 bridgehead atoms. The maximum atomic E-state index is 12.7. The Morgan fingerprint density at radius 1 is 1.23 bits per heavy atom. The lowest BCUT2D eigenvalue weighted by molar-refractivity contribution is -0.113. The summed E-state index contributed by atoms with van der Waals surface area (Å²) in [5, 5.41) is 15.3. The number of fused-ring (bicyclic) bond motifs is 4. The van der Waals surface area contributed by atoms with Crippen molar-refractivity contribution in [3.63, 3.8) is 0 Å². The predicted octanol–water partition coefficient (Wildman–Crippen LogP) is 5.36. The average molecular weight is 455 g/mol. The van der Waals surface area contributed by atoms with Gasteiger partial charge in [0.05, 0.1) is 11.3 Å². The van der Waals surface area contributed by atoms with Gasteiger partial charge in [-0.15, -0.1) is 22.7 Å². The van der Waals surface area contributed by atoms with Crippen molar-refractivity contribution >= 4 is 55.6 Å². The number of rotatable bonds is 4. The van der Waals surface area contributed by atoms with Crippen LogP contribution in [-0.4, -0.2) is 21.6 Å². The van der Waals surface area contributed by atoms with Crippen LogP contribution >= 0.6 is 34.4 Å². The van der Waals surface area contributed by atoms with E-state index >= 15 is 0 Å². The molecule has 3 heterocycles. The van der Waals surface area contributed by atoms with Gasteiger partial charge in [0.2, 0.25) is 5.91 Å². The van der Waals surface area contributed by atoms with E-state index in [0.29, 0.717) is 16.5 Å². The first-order valence-corrected chi connectivity index (χ1v) is 13.0. The molecule has 1 unspecified atom stereocenters. The Morgan fingerprint density at radius 3 is 2.97 bits per heavy atom. The molecule has 2 aliphatic carbocycles. The number of anilines is 1. The maximum absolute atomic E-state index is 12.7. The van der Waals surface area contributed by atoms with Gasteiger partial charge in [-0.1, -0.05) is 18.7 Å². The lowest BCUT2D eigenvalue weighted by Gasteiger charge is -2.18. The number of carbonyl (C=O) groups is 1. The molecule has 154 valence electrons. The van der Waals surface area contributed by atoms with Crippen molar-refractivity contribution in [3.05, 3.63) is 32.8 Å². The second kappa shape index (κ2) is 8.29. The number of nitrogens with one attached hydrogen (secondary N) is 1. The fourth-order valence-corrected chi connectivity index (χ4v) is 7.92. The number of thioether (sulfide) groups is 1. The Bertz CT molecular complexity index is 1170. The zero-order valence-corrected chi connectivity index (χ0v) is 19.2. The molecule has 5 nitrogen and oxygen atoms in total. The molecule has 0 radical (unpaired) electrons. The molecule has 2 aliphatic rings. The Morgan fingerprint density at radius 2 is 2.10 bits per heavy atom. The molecule has 1 atom stereocenters. The van der Waals surface area contributed by atoms with Crippen molar-refractivity contribution < 1.29 is 4.79 Å². The van der Waals surface area contributed by atoms with Crippen molar-refractivity contribution in [1.82, 2.24) is 9.97 Å². The Kier molecular flexibility index (Phi) is 5.52. The molecule has 3 aromatic rings. The molecule has 1 N–H and O–H groups in total. The van der Waals surface area contributed by atoms with E-state index in [1.54, 1.807) is 29.0 Å². The fraction of sp³-hybridized carbons (Fsp3) is 0.455. The molecule has 0 spiro atoms. The third-order valence-electron chi connectivity index (χ3n) is 5.93. The van der Waals surface area contributed by atoms with Gasteiger partial charge in [-0.25, -0.2) is 9.97 Å². The van der Waals surface area contributed by atoms with E-state index in [4.69, 9.17) is 0 Å². The third-order valence-corrected chi connectivity index (χ3v) is 9.29. The van der Waals surface area contributed by atoms with Crippen LogP contribution in [0.2, 0.25) is 0 Å². The van der Waals surface area contributed by atoms with Gasteiger partial charge >= 0.3 is 0 Å². The van der Waals surface area contributed by atoms with E-state index in [-0.39, 0.29) is 11.7 Å². The minimum atomic E-state index is -0.0837. The van der Waals surface area contributed by atoms with Crippen LogP contribution < -0.4 is 5.32 Å². The zero-order chi connectivity index (χ0) is 20.7. The number of nitriles is 1. The molecule has 1 amide bonds. The van der Waals surface area contributed by atoms with Crippen LogP contribution in [0.3, 0.4) is 0 Å². The fourth-order valence-electron chi connectivity index (χ4n) is 4.42. The Hall–Kier alpha value is -1.95. The van der Waals surface area contributed by atoms with Gasteiger partial charge in [-0.3, -0.25) is 4.79 Å². The lowest BCUT2D eigenvalue weighted by atomic mass is 9.89. The van der Waals surface area contributed by atoms with Crippen molar-refractivity contribution in [2.45, 2.75) is 56.9 Å². The summed E-state index contributed by atoms with van der Waals surface area (Å²) in [6.45, 7) is 2.30. The minimum Gasteiger partial charge on any atom is -0.316 e. The van der Waals surface area contributed by atoms with Crippen molar-refractivity contribution in [1.29, 1.82) is 5.26 Å². The number of carbonyl (C=O) groups excluding carboxylic acids is 1. The average Bonchev–Trinajstić information content (AvgIpc) is 3.29. The largest absolute Gasteiger partial charge is 0.316 e. The van der Waals surface area contributed by atoms with Gasteiger partial charge in [-0.2, -0.15) is 5.26 Å². The first kappa shape index (κ1) is 20.0. The second-order valence-corrected chi connectivity index (χ2v) is 11.2. The summed E-state index contributed by atoms with van der Waals surface area (Å²) in [5.74, 6) is 0.909. The van der Waals surface area contributed by atoms with Crippen LogP contribution in [0.1, 0.15) is 52.6 Å².